The van der Waals surface area contributed by atoms with Crippen LogP contribution in [-0.4, -0.2) is 62.7 Å². The summed E-state index contributed by atoms with van der Waals surface area (Å²) in [5, 5.41) is 14.9. The molecule has 138 valence electrons. The average Bonchev–Trinajstić information content (AvgIpc) is 2.91. The van der Waals surface area contributed by atoms with Crippen LogP contribution in [0.3, 0.4) is 0 Å². The lowest BCUT2D eigenvalue weighted by Gasteiger charge is -2.24. The van der Waals surface area contributed by atoms with E-state index < -0.39 is 6.10 Å². The molecule has 0 aliphatic carbocycles. The fourth-order valence-electron chi connectivity index (χ4n) is 3.08. The van der Waals surface area contributed by atoms with Crippen molar-refractivity contribution in [2.45, 2.75) is 12.5 Å². The Morgan fingerprint density at radius 2 is 1.88 bits per heavy atom. The molecule has 1 N–H and O–H groups in total. The minimum absolute atomic E-state index is 0.102. The molecule has 1 aliphatic heterocycles. The summed E-state index contributed by atoms with van der Waals surface area (Å²) < 4.78 is 1.54. The van der Waals surface area contributed by atoms with Gasteiger partial charge in [-0.15, -0.1) is 0 Å². The maximum Gasteiger partial charge on any atom is 0.272 e. The van der Waals surface area contributed by atoms with Crippen molar-refractivity contribution >= 4 is 23.4 Å². The lowest BCUT2D eigenvalue weighted by Crippen LogP contribution is -2.39. The zero-order chi connectivity index (χ0) is 18.7. The van der Waals surface area contributed by atoms with Gasteiger partial charge in [-0.3, -0.25) is 14.3 Å². The largest absolute Gasteiger partial charge is 0.378 e. The van der Waals surface area contributed by atoms with Crippen molar-refractivity contribution in [3.8, 4) is 0 Å². The third-order valence-electron chi connectivity index (χ3n) is 4.53. The van der Waals surface area contributed by atoms with Crippen molar-refractivity contribution in [1.29, 1.82) is 0 Å². The first-order valence-corrected chi connectivity index (χ1v) is 8.85. The first-order chi connectivity index (χ1) is 12.5. The highest BCUT2D eigenvalue weighted by molar-refractivity contribution is 6.30. The van der Waals surface area contributed by atoms with Gasteiger partial charge in [0.15, 0.2) is 6.10 Å². The van der Waals surface area contributed by atoms with Crippen LogP contribution in [0.1, 0.15) is 28.6 Å². The van der Waals surface area contributed by atoms with Crippen LogP contribution >= 0.6 is 11.6 Å². The van der Waals surface area contributed by atoms with E-state index in [-0.39, 0.29) is 11.8 Å². The van der Waals surface area contributed by atoms with Gasteiger partial charge in [0, 0.05) is 44.4 Å². The van der Waals surface area contributed by atoms with E-state index in [9.17, 15) is 14.7 Å². The van der Waals surface area contributed by atoms with Gasteiger partial charge in [-0.05, 0) is 30.2 Å². The number of aryl methyl sites for hydroxylation is 1. The number of aliphatic hydroxyl groups excluding tert-OH is 1. The van der Waals surface area contributed by atoms with Crippen LogP contribution in [0.25, 0.3) is 0 Å². The Balaban J connectivity index is 1.65. The van der Waals surface area contributed by atoms with Gasteiger partial charge in [-0.25, -0.2) is 0 Å². The molecule has 1 unspecified atom stereocenters. The molecule has 1 aromatic heterocycles. The van der Waals surface area contributed by atoms with Gasteiger partial charge < -0.3 is 14.9 Å². The molecular weight excluding hydrogens is 356 g/mol. The molecule has 3 rings (SSSR count). The molecule has 2 heterocycles. The SMILES string of the molecule is Cn1nccc1C(=O)N1CCCN(C(=O)C(O)c2cccc(Cl)c2)CC1. The van der Waals surface area contributed by atoms with E-state index in [4.69, 9.17) is 11.6 Å². The second-order valence-corrected chi connectivity index (χ2v) is 6.71. The highest BCUT2D eigenvalue weighted by atomic mass is 35.5. The average molecular weight is 377 g/mol. The second kappa shape index (κ2) is 7.88. The number of nitrogens with zero attached hydrogens (tertiary/aromatic N) is 4. The topological polar surface area (TPSA) is 78.7 Å². The van der Waals surface area contributed by atoms with Crippen molar-refractivity contribution in [3.05, 3.63) is 52.8 Å². The minimum atomic E-state index is -1.26. The zero-order valence-electron chi connectivity index (χ0n) is 14.5. The Kier molecular flexibility index (Phi) is 5.58. The Morgan fingerprint density at radius 3 is 2.58 bits per heavy atom. The van der Waals surface area contributed by atoms with Gasteiger partial charge in [0.2, 0.25) is 0 Å². The standard InChI is InChI=1S/C18H21ClN4O3/c1-21-15(6-7-20-21)17(25)22-8-3-9-23(11-10-22)18(26)16(24)13-4-2-5-14(19)12-13/h2,4-7,12,16,24H,3,8-11H2,1H3. The van der Waals surface area contributed by atoms with Crippen LogP contribution in [0.15, 0.2) is 36.5 Å². The molecule has 8 heteroatoms. The van der Waals surface area contributed by atoms with Crippen LogP contribution in [-0.2, 0) is 11.8 Å². The van der Waals surface area contributed by atoms with E-state index in [1.54, 1.807) is 58.1 Å². The molecule has 1 atom stereocenters. The van der Waals surface area contributed by atoms with Gasteiger partial charge in [0.25, 0.3) is 11.8 Å². The number of carbonyl (C=O) groups excluding carboxylic acids is 2. The molecule has 1 aliphatic rings. The molecule has 1 fully saturated rings. The monoisotopic (exact) mass is 376 g/mol. The Hall–Kier alpha value is -2.38. The van der Waals surface area contributed by atoms with Gasteiger partial charge >= 0.3 is 0 Å². The van der Waals surface area contributed by atoms with Crippen LogP contribution < -0.4 is 0 Å². The van der Waals surface area contributed by atoms with E-state index in [0.29, 0.717) is 48.9 Å². The van der Waals surface area contributed by atoms with E-state index in [2.05, 4.69) is 5.10 Å². The Bertz CT molecular complexity index is 807. The van der Waals surface area contributed by atoms with E-state index in [1.165, 1.54) is 0 Å². The van der Waals surface area contributed by atoms with Gasteiger partial charge in [0.1, 0.15) is 5.69 Å². The second-order valence-electron chi connectivity index (χ2n) is 6.27. The smallest absolute Gasteiger partial charge is 0.272 e. The lowest BCUT2D eigenvalue weighted by atomic mass is 10.1. The first-order valence-electron chi connectivity index (χ1n) is 8.47. The summed E-state index contributed by atoms with van der Waals surface area (Å²) in [5.41, 5.74) is 0.985. The zero-order valence-corrected chi connectivity index (χ0v) is 15.3. The fourth-order valence-corrected chi connectivity index (χ4v) is 3.28. The van der Waals surface area contributed by atoms with Crippen molar-refractivity contribution < 1.29 is 14.7 Å². The number of aliphatic hydroxyl groups is 1. The predicted molar refractivity (Wildman–Crippen MR) is 96.7 cm³/mol. The summed E-state index contributed by atoms with van der Waals surface area (Å²) in [6, 6.07) is 8.32. The number of benzene rings is 1. The van der Waals surface area contributed by atoms with Crippen LogP contribution in [0.2, 0.25) is 5.02 Å². The number of halogens is 1. The molecule has 1 saturated heterocycles. The molecule has 26 heavy (non-hydrogen) atoms. The third kappa shape index (κ3) is 3.89. The molecule has 7 nitrogen and oxygen atoms in total. The first kappa shape index (κ1) is 18.4. The number of hydrogen-bond donors (Lipinski definition) is 1. The molecule has 0 saturated carbocycles. The minimum Gasteiger partial charge on any atom is -0.378 e. The van der Waals surface area contributed by atoms with Gasteiger partial charge in [0.05, 0.1) is 0 Å². The highest BCUT2D eigenvalue weighted by Crippen LogP contribution is 2.20. The van der Waals surface area contributed by atoms with Crippen molar-refractivity contribution in [2.75, 3.05) is 26.2 Å². The normalized spacial score (nSPS) is 16.3. The number of rotatable bonds is 3. The molecule has 1 aromatic carbocycles. The van der Waals surface area contributed by atoms with Crippen molar-refractivity contribution in [3.63, 3.8) is 0 Å². The maximum absolute atomic E-state index is 12.6. The van der Waals surface area contributed by atoms with Crippen LogP contribution in [0.4, 0.5) is 0 Å². The molecule has 2 amide bonds. The predicted octanol–water partition coefficient (Wildman–Crippen LogP) is 1.48. The fraction of sp³-hybridized carbons (Fsp3) is 0.389. The molecule has 0 spiro atoms. The van der Waals surface area contributed by atoms with E-state index >= 15 is 0 Å². The third-order valence-corrected chi connectivity index (χ3v) is 4.77. The summed E-state index contributed by atoms with van der Waals surface area (Å²) >= 11 is 5.93. The maximum atomic E-state index is 12.6. The van der Waals surface area contributed by atoms with E-state index in [0.717, 1.165) is 0 Å². The summed E-state index contributed by atoms with van der Waals surface area (Å²) in [7, 11) is 1.72. The van der Waals surface area contributed by atoms with E-state index in [1.807, 2.05) is 0 Å². The quantitative estimate of drug-likeness (QED) is 0.880. The van der Waals surface area contributed by atoms with Crippen LogP contribution in [0.5, 0.6) is 0 Å². The molecule has 0 radical (unpaired) electrons. The number of amides is 2. The molecule has 0 bridgehead atoms. The summed E-state index contributed by atoms with van der Waals surface area (Å²) in [4.78, 5) is 28.6. The molecular formula is C18H21ClN4O3. The number of hydrogen-bond acceptors (Lipinski definition) is 4. The number of aromatic nitrogens is 2. The Morgan fingerprint density at radius 1 is 1.15 bits per heavy atom. The van der Waals surface area contributed by atoms with Gasteiger partial charge in [-0.2, -0.15) is 5.10 Å². The molecule has 2 aromatic rings. The van der Waals surface area contributed by atoms with Crippen molar-refractivity contribution in [1.82, 2.24) is 19.6 Å². The Labute approximate surface area is 156 Å². The lowest BCUT2D eigenvalue weighted by molar-refractivity contribution is -0.140. The summed E-state index contributed by atoms with van der Waals surface area (Å²) in [6.45, 7) is 1.84. The number of carbonyl (C=O) groups is 2. The van der Waals surface area contributed by atoms with Crippen molar-refractivity contribution in [2.24, 2.45) is 7.05 Å². The van der Waals surface area contributed by atoms with Crippen LogP contribution in [0, 0.1) is 0 Å². The summed E-state index contributed by atoms with van der Waals surface area (Å²) in [6.07, 6.45) is 0.979. The summed E-state index contributed by atoms with van der Waals surface area (Å²) in [5.74, 6) is -0.475. The van der Waals surface area contributed by atoms with Gasteiger partial charge in [-0.1, -0.05) is 23.7 Å². The highest BCUT2D eigenvalue weighted by Gasteiger charge is 2.28.